The molecule has 1 N–H and O–H groups in total. The Morgan fingerprint density at radius 2 is 2.00 bits per heavy atom. The molecule has 0 aliphatic rings. The highest BCUT2D eigenvalue weighted by Gasteiger charge is 2.10. The third-order valence-electron chi connectivity index (χ3n) is 2.81. The molecule has 0 amide bonds. The molecule has 1 aromatic heterocycles. The smallest absolute Gasteiger partial charge is 0.163 e. The van der Waals surface area contributed by atoms with E-state index < -0.39 is 0 Å². The van der Waals surface area contributed by atoms with Gasteiger partial charge in [-0.3, -0.25) is 0 Å². The highest BCUT2D eigenvalue weighted by atomic mass is 79.9. The van der Waals surface area contributed by atoms with Crippen LogP contribution in [0.4, 0.5) is 5.82 Å². The lowest BCUT2D eigenvalue weighted by Crippen LogP contribution is -2.04. The van der Waals surface area contributed by atoms with Crippen molar-refractivity contribution < 1.29 is 0 Å². The van der Waals surface area contributed by atoms with Crippen molar-refractivity contribution in [3.8, 4) is 11.4 Å². The van der Waals surface area contributed by atoms with Crippen LogP contribution in [-0.4, -0.2) is 16.5 Å². The van der Waals surface area contributed by atoms with E-state index in [1.807, 2.05) is 31.2 Å². The van der Waals surface area contributed by atoms with Gasteiger partial charge in [0.25, 0.3) is 0 Å². The monoisotopic (exact) mass is 353 g/mol. The largest absolute Gasteiger partial charge is 0.370 e. The van der Waals surface area contributed by atoms with Gasteiger partial charge in [-0.25, -0.2) is 9.97 Å². The fourth-order valence-corrected chi connectivity index (χ4v) is 2.51. The Labute approximate surface area is 132 Å². The number of halogens is 2. The van der Waals surface area contributed by atoms with E-state index in [9.17, 15) is 0 Å². The van der Waals surface area contributed by atoms with Crippen LogP contribution in [0.1, 0.15) is 26.0 Å². The second kappa shape index (κ2) is 7.04. The fraction of sp³-hybridized carbons (Fsp3) is 0.333. The van der Waals surface area contributed by atoms with Gasteiger partial charge in [0.05, 0.1) is 5.02 Å². The van der Waals surface area contributed by atoms with Crippen molar-refractivity contribution in [2.75, 3.05) is 11.9 Å². The van der Waals surface area contributed by atoms with E-state index in [2.05, 4.69) is 38.1 Å². The molecule has 1 heterocycles. The van der Waals surface area contributed by atoms with Crippen molar-refractivity contribution >= 4 is 33.3 Å². The molecule has 0 aliphatic heterocycles. The zero-order valence-electron chi connectivity index (χ0n) is 11.6. The van der Waals surface area contributed by atoms with E-state index in [0.29, 0.717) is 10.8 Å². The molecule has 2 aromatic rings. The minimum absolute atomic E-state index is 0.657. The number of rotatable bonds is 5. The summed E-state index contributed by atoms with van der Waals surface area (Å²) in [5.74, 6) is 1.51. The summed E-state index contributed by atoms with van der Waals surface area (Å²) in [7, 11) is 0. The number of aromatic nitrogens is 2. The van der Waals surface area contributed by atoms with Gasteiger partial charge in [-0.15, -0.1) is 0 Å². The van der Waals surface area contributed by atoms with Crippen LogP contribution in [0.2, 0.25) is 5.02 Å². The van der Waals surface area contributed by atoms with Gasteiger partial charge in [-0.05, 0) is 31.5 Å². The van der Waals surface area contributed by atoms with Crippen LogP contribution < -0.4 is 5.32 Å². The number of nitrogens with zero attached hydrogens (tertiary/aromatic N) is 2. The lowest BCUT2D eigenvalue weighted by atomic mass is 10.2. The van der Waals surface area contributed by atoms with Crippen molar-refractivity contribution in [3.05, 3.63) is 39.5 Å². The lowest BCUT2D eigenvalue weighted by molar-refractivity contribution is 0.875. The quantitative estimate of drug-likeness (QED) is 0.826. The Hall–Kier alpha value is -1.13. The van der Waals surface area contributed by atoms with Crippen molar-refractivity contribution in [1.82, 2.24) is 9.97 Å². The Kier molecular flexibility index (Phi) is 5.38. The normalized spacial score (nSPS) is 10.6. The summed E-state index contributed by atoms with van der Waals surface area (Å²) in [6, 6.07) is 7.71. The molecular weight excluding hydrogens is 338 g/mol. The second-order valence-corrected chi connectivity index (χ2v) is 5.80. The Bertz CT molecular complexity index is 577. The van der Waals surface area contributed by atoms with Gasteiger partial charge >= 0.3 is 0 Å². The van der Waals surface area contributed by atoms with Crippen LogP contribution in [-0.2, 0) is 6.42 Å². The van der Waals surface area contributed by atoms with Gasteiger partial charge < -0.3 is 5.32 Å². The molecule has 0 spiro atoms. The maximum absolute atomic E-state index is 6.27. The van der Waals surface area contributed by atoms with Crippen molar-refractivity contribution in [2.24, 2.45) is 0 Å². The summed E-state index contributed by atoms with van der Waals surface area (Å²) in [6.07, 6.45) is 1.98. The predicted molar refractivity (Wildman–Crippen MR) is 88.3 cm³/mol. The minimum atomic E-state index is 0.657. The van der Waals surface area contributed by atoms with Gasteiger partial charge in [0, 0.05) is 28.3 Å². The zero-order chi connectivity index (χ0) is 14.5. The van der Waals surface area contributed by atoms with Crippen molar-refractivity contribution in [3.63, 3.8) is 0 Å². The van der Waals surface area contributed by atoms with Gasteiger partial charge in [-0.1, -0.05) is 40.9 Å². The summed E-state index contributed by atoms with van der Waals surface area (Å²) in [5, 5.41) is 3.90. The summed E-state index contributed by atoms with van der Waals surface area (Å²) in [6.45, 7) is 5.02. The summed E-state index contributed by atoms with van der Waals surface area (Å²) < 4.78 is 0.964. The SMILES string of the molecule is CCCc1cc(NCC)nc(-c2cc(Br)ccc2Cl)n1. The summed E-state index contributed by atoms with van der Waals surface area (Å²) >= 11 is 9.73. The van der Waals surface area contributed by atoms with E-state index in [4.69, 9.17) is 11.6 Å². The summed E-state index contributed by atoms with van der Waals surface area (Å²) in [5.41, 5.74) is 1.88. The Balaban J connectivity index is 2.51. The average Bonchev–Trinajstić information content (AvgIpc) is 2.42. The van der Waals surface area contributed by atoms with Crippen LogP contribution in [0, 0.1) is 0 Å². The molecule has 0 aliphatic carbocycles. The number of benzene rings is 1. The first-order valence-electron chi connectivity index (χ1n) is 6.71. The van der Waals surface area contributed by atoms with Crippen molar-refractivity contribution in [2.45, 2.75) is 26.7 Å². The molecule has 20 heavy (non-hydrogen) atoms. The molecule has 3 nitrogen and oxygen atoms in total. The topological polar surface area (TPSA) is 37.8 Å². The first kappa shape index (κ1) is 15.3. The first-order chi connectivity index (χ1) is 9.63. The Morgan fingerprint density at radius 3 is 2.70 bits per heavy atom. The molecule has 0 atom stereocenters. The van der Waals surface area contributed by atoms with Crippen LogP contribution in [0.3, 0.4) is 0 Å². The van der Waals surface area contributed by atoms with E-state index in [1.54, 1.807) is 0 Å². The summed E-state index contributed by atoms with van der Waals surface area (Å²) in [4.78, 5) is 9.17. The molecule has 0 fully saturated rings. The number of hydrogen-bond acceptors (Lipinski definition) is 3. The molecule has 0 bridgehead atoms. The maximum atomic E-state index is 6.27. The number of hydrogen-bond donors (Lipinski definition) is 1. The zero-order valence-corrected chi connectivity index (χ0v) is 13.9. The molecular formula is C15H17BrClN3. The molecule has 5 heteroatoms. The molecule has 1 aromatic carbocycles. The number of anilines is 1. The molecule has 0 saturated heterocycles. The van der Waals surface area contributed by atoms with Crippen LogP contribution in [0.5, 0.6) is 0 Å². The third kappa shape index (κ3) is 3.70. The van der Waals surface area contributed by atoms with Gasteiger partial charge in [-0.2, -0.15) is 0 Å². The molecule has 0 radical (unpaired) electrons. The van der Waals surface area contributed by atoms with E-state index in [1.165, 1.54) is 0 Å². The van der Waals surface area contributed by atoms with Crippen LogP contribution >= 0.6 is 27.5 Å². The number of nitrogens with one attached hydrogen (secondary N) is 1. The predicted octanol–water partition coefficient (Wildman–Crippen LogP) is 4.94. The minimum Gasteiger partial charge on any atom is -0.370 e. The molecule has 2 rings (SSSR count). The van der Waals surface area contributed by atoms with Crippen molar-refractivity contribution in [1.29, 1.82) is 0 Å². The first-order valence-corrected chi connectivity index (χ1v) is 7.88. The molecule has 0 unspecified atom stereocenters. The number of aryl methyl sites for hydroxylation is 1. The fourth-order valence-electron chi connectivity index (χ4n) is 1.94. The van der Waals surface area contributed by atoms with E-state index >= 15 is 0 Å². The average molecular weight is 355 g/mol. The maximum Gasteiger partial charge on any atom is 0.163 e. The van der Waals surface area contributed by atoms with Crippen LogP contribution in [0.25, 0.3) is 11.4 Å². The lowest BCUT2D eigenvalue weighted by Gasteiger charge is -2.10. The Morgan fingerprint density at radius 1 is 1.20 bits per heavy atom. The van der Waals surface area contributed by atoms with E-state index in [0.717, 1.165) is 40.9 Å². The van der Waals surface area contributed by atoms with Gasteiger partial charge in [0.2, 0.25) is 0 Å². The molecule has 0 saturated carbocycles. The highest BCUT2D eigenvalue weighted by molar-refractivity contribution is 9.10. The van der Waals surface area contributed by atoms with Crippen LogP contribution in [0.15, 0.2) is 28.7 Å². The van der Waals surface area contributed by atoms with Gasteiger partial charge in [0.1, 0.15) is 5.82 Å². The van der Waals surface area contributed by atoms with E-state index in [-0.39, 0.29) is 0 Å². The highest BCUT2D eigenvalue weighted by Crippen LogP contribution is 2.29. The van der Waals surface area contributed by atoms with Gasteiger partial charge in [0.15, 0.2) is 5.82 Å². The standard InChI is InChI=1S/C15H17BrClN3/c1-3-5-11-9-14(18-4-2)20-15(19-11)12-8-10(16)6-7-13(12)17/h6-9H,3-5H2,1-2H3,(H,18,19,20). The second-order valence-electron chi connectivity index (χ2n) is 4.47. The third-order valence-corrected chi connectivity index (χ3v) is 3.64. The molecule has 106 valence electrons.